The number of unbranched alkanes of at least 4 members (excludes halogenated alkanes) is 6. The highest BCUT2D eigenvalue weighted by Crippen LogP contribution is 2.17. The monoisotopic (exact) mass is 344 g/mol. The molecule has 0 rings (SSSR count). The second-order valence-corrected chi connectivity index (χ2v) is 5.97. The SMILES string of the molecule is C=C(C)C(=O)O.CCCCCCCCCC(O)(O)C=C(C)C(=O)O. The van der Waals surface area contributed by atoms with Gasteiger partial charge in [0.25, 0.3) is 0 Å². The van der Waals surface area contributed by atoms with Crippen LogP contribution in [0, 0.1) is 0 Å². The third kappa shape index (κ3) is 16.7. The zero-order chi connectivity index (χ0) is 19.2. The first kappa shape index (κ1) is 24.6. The van der Waals surface area contributed by atoms with Gasteiger partial charge in [-0.25, -0.2) is 9.59 Å². The molecule has 0 aliphatic rings. The molecule has 0 amide bonds. The van der Waals surface area contributed by atoms with E-state index in [4.69, 9.17) is 10.2 Å². The molecule has 0 aliphatic carbocycles. The Hall–Kier alpha value is -1.66. The minimum Gasteiger partial charge on any atom is -0.478 e. The van der Waals surface area contributed by atoms with E-state index in [1.807, 2.05) is 0 Å². The molecule has 24 heavy (non-hydrogen) atoms. The molecule has 0 heterocycles. The summed E-state index contributed by atoms with van der Waals surface area (Å²) in [5.41, 5.74) is 0.137. The van der Waals surface area contributed by atoms with Crippen LogP contribution in [0.2, 0.25) is 0 Å². The summed E-state index contributed by atoms with van der Waals surface area (Å²) < 4.78 is 0. The van der Waals surface area contributed by atoms with Gasteiger partial charge >= 0.3 is 11.9 Å². The summed E-state index contributed by atoms with van der Waals surface area (Å²) in [7, 11) is 0. The summed E-state index contributed by atoms with van der Waals surface area (Å²) in [5, 5.41) is 35.7. The second kappa shape index (κ2) is 13.7. The molecular weight excluding hydrogens is 312 g/mol. The van der Waals surface area contributed by atoms with Gasteiger partial charge in [0.05, 0.1) is 0 Å². The van der Waals surface area contributed by atoms with Crippen LogP contribution in [0.25, 0.3) is 0 Å². The normalized spacial score (nSPS) is 11.5. The van der Waals surface area contributed by atoms with Crippen molar-refractivity contribution in [1.82, 2.24) is 0 Å². The molecule has 0 bridgehead atoms. The van der Waals surface area contributed by atoms with Crippen LogP contribution in [-0.4, -0.2) is 38.2 Å². The average Bonchev–Trinajstić information content (AvgIpc) is 2.46. The highest BCUT2D eigenvalue weighted by atomic mass is 16.5. The van der Waals surface area contributed by atoms with Crippen LogP contribution in [0.1, 0.15) is 72.1 Å². The molecule has 4 N–H and O–H groups in total. The van der Waals surface area contributed by atoms with Crippen molar-refractivity contribution in [2.24, 2.45) is 0 Å². The largest absolute Gasteiger partial charge is 0.478 e. The van der Waals surface area contributed by atoms with Gasteiger partial charge in [0.1, 0.15) is 0 Å². The van der Waals surface area contributed by atoms with Crippen LogP contribution in [0.4, 0.5) is 0 Å². The maximum absolute atomic E-state index is 10.6. The highest BCUT2D eigenvalue weighted by molar-refractivity contribution is 5.86. The molecule has 6 nitrogen and oxygen atoms in total. The number of rotatable bonds is 11. The quantitative estimate of drug-likeness (QED) is 0.259. The fourth-order valence-electron chi connectivity index (χ4n) is 1.82. The highest BCUT2D eigenvalue weighted by Gasteiger charge is 2.20. The molecule has 0 fully saturated rings. The van der Waals surface area contributed by atoms with Crippen LogP contribution in [0.3, 0.4) is 0 Å². The molecule has 0 saturated carbocycles. The number of carbonyl (C=O) groups is 2. The van der Waals surface area contributed by atoms with E-state index in [1.165, 1.54) is 39.5 Å². The van der Waals surface area contributed by atoms with E-state index >= 15 is 0 Å². The minimum absolute atomic E-state index is 0.0389. The van der Waals surface area contributed by atoms with Crippen LogP contribution in [0.5, 0.6) is 0 Å². The second-order valence-electron chi connectivity index (χ2n) is 5.97. The fraction of sp³-hybridized carbons (Fsp3) is 0.667. The van der Waals surface area contributed by atoms with Crippen LogP contribution in [-0.2, 0) is 9.59 Å². The lowest BCUT2D eigenvalue weighted by molar-refractivity contribution is -0.136. The Morgan fingerprint density at radius 2 is 1.33 bits per heavy atom. The zero-order valence-corrected chi connectivity index (χ0v) is 15.0. The van der Waals surface area contributed by atoms with Crippen molar-refractivity contribution in [1.29, 1.82) is 0 Å². The number of carboxylic acid groups (broad SMARTS) is 2. The summed E-state index contributed by atoms with van der Waals surface area (Å²) in [6, 6.07) is 0. The minimum atomic E-state index is -1.99. The fourth-order valence-corrected chi connectivity index (χ4v) is 1.82. The van der Waals surface area contributed by atoms with E-state index in [2.05, 4.69) is 13.5 Å². The first-order valence-electron chi connectivity index (χ1n) is 8.29. The van der Waals surface area contributed by atoms with Gasteiger partial charge in [-0.1, -0.05) is 52.0 Å². The third-order valence-electron chi connectivity index (χ3n) is 3.30. The first-order chi connectivity index (χ1) is 11.0. The topological polar surface area (TPSA) is 115 Å². The van der Waals surface area contributed by atoms with Crippen LogP contribution < -0.4 is 0 Å². The molecule has 0 spiro atoms. The number of hydrogen-bond acceptors (Lipinski definition) is 4. The summed E-state index contributed by atoms with van der Waals surface area (Å²) in [5.74, 6) is -4.05. The lowest BCUT2D eigenvalue weighted by atomic mass is 10.0. The Labute approximate surface area is 144 Å². The van der Waals surface area contributed by atoms with Crippen molar-refractivity contribution in [3.63, 3.8) is 0 Å². The zero-order valence-electron chi connectivity index (χ0n) is 15.0. The Balaban J connectivity index is 0. The van der Waals surface area contributed by atoms with Crippen molar-refractivity contribution in [2.75, 3.05) is 0 Å². The molecule has 0 aromatic heterocycles. The van der Waals surface area contributed by atoms with E-state index in [-0.39, 0.29) is 17.6 Å². The molecule has 0 atom stereocenters. The van der Waals surface area contributed by atoms with Crippen molar-refractivity contribution < 1.29 is 30.0 Å². The maximum atomic E-state index is 10.6. The maximum Gasteiger partial charge on any atom is 0.331 e. The Bertz CT molecular complexity index is 411. The smallest absolute Gasteiger partial charge is 0.331 e. The number of carboxylic acids is 2. The first-order valence-corrected chi connectivity index (χ1v) is 8.29. The van der Waals surface area contributed by atoms with E-state index in [9.17, 15) is 19.8 Å². The van der Waals surface area contributed by atoms with E-state index in [0.717, 1.165) is 18.9 Å². The van der Waals surface area contributed by atoms with Gasteiger partial charge in [0.15, 0.2) is 5.79 Å². The van der Waals surface area contributed by atoms with Crippen molar-refractivity contribution in [3.05, 3.63) is 23.8 Å². The average molecular weight is 344 g/mol. The number of aliphatic carboxylic acids is 2. The van der Waals surface area contributed by atoms with E-state index in [0.29, 0.717) is 6.42 Å². The van der Waals surface area contributed by atoms with Gasteiger partial charge in [-0.05, 0) is 26.3 Å². The molecule has 0 aromatic carbocycles. The molecule has 0 saturated heterocycles. The van der Waals surface area contributed by atoms with Gasteiger partial charge in [-0.15, -0.1) is 0 Å². The van der Waals surface area contributed by atoms with Gasteiger partial charge in [0.2, 0.25) is 0 Å². The predicted molar refractivity (Wildman–Crippen MR) is 93.6 cm³/mol. The lowest BCUT2D eigenvalue weighted by Crippen LogP contribution is -2.26. The van der Waals surface area contributed by atoms with Crippen molar-refractivity contribution in [2.45, 2.75) is 77.9 Å². The van der Waals surface area contributed by atoms with Crippen molar-refractivity contribution in [3.8, 4) is 0 Å². The third-order valence-corrected chi connectivity index (χ3v) is 3.30. The van der Waals surface area contributed by atoms with E-state index in [1.54, 1.807) is 0 Å². The molecule has 0 aromatic rings. The molecule has 0 radical (unpaired) electrons. The lowest BCUT2D eigenvalue weighted by Gasteiger charge is -2.17. The molecule has 0 unspecified atom stereocenters. The van der Waals surface area contributed by atoms with Crippen LogP contribution in [0.15, 0.2) is 23.8 Å². The standard InChI is InChI=1S/C14H26O4.C4H6O2/c1-3-4-5-6-7-8-9-10-14(17,18)11-12(2)13(15)16;1-3(2)4(5)6/h11,17-18H,3-10H2,1-2H3,(H,15,16);1H2,2H3,(H,5,6). The summed E-state index contributed by atoms with van der Waals surface area (Å²) in [4.78, 5) is 20.2. The predicted octanol–water partition coefficient (Wildman–Crippen LogP) is 3.49. The van der Waals surface area contributed by atoms with Crippen molar-refractivity contribution >= 4 is 11.9 Å². The number of hydrogen-bond donors (Lipinski definition) is 4. The van der Waals surface area contributed by atoms with Gasteiger partial charge < -0.3 is 20.4 Å². The Morgan fingerprint density at radius 3 is 1.71 bits per heavy atom. The Morgan fingerprint density at radius 1 is 0.917 bits per heavy atom. The molecule has 0 aliphatic heterocycles. The molecular formula is C18H32O6. The summed E-state index contributed by atoms with van der Waals surface area (Å²) >= 11 is 0. The molecule has 140 valence electrons. The van der Waals surface area contributed by atoms with Gasteiger partial charge in [-0.3, -0.25) is 0 Å². The number of aliphatic hydroxyl groups is 2. The van der Waals surface area contributed by atoms with E-state index < -0.39 is 17.7 Å². The Kier molecular flexibility index (Phi) is 14.1. The summed E-state index contributed by atoms with van der Waals surface area (Å²) in [6.07, 6.45) is 8.82. The van der Waals surface area contributed by atoms with Gasteiger partial charge in [-0.2, -0.15) is 0 Å². The van der Waals surface area contributed by atoms with Crippen LogP contribution >= 0.6 is 0 Å². The summed E-state index contributed by atoms with van der Waals surface area (Å²) in [6.45, 7) is 8.13. The van der Waals surface area contributed by atoms with Gasteiger partial charge in [0, 0.05) is 17.6 Å². The molecule has 6 heteroatoms.